The minimum atomic E-state index is -0.300. The first-order chi connectivity index (χ1) is 11.0. The molecule has 0 aliphatic rings. The summed E-state index contributed by atoms with van der Waals surface area (Å²) >= 11 is 2.85. The first-order valence-electron chi connectivity index (χ1n) is 6.95. The van der Waals surface area contributed by atoms with Crippen molar-refractivity contribution in [3.8, 4) is 10.6 Å². The van der Waals surface area contributed by atoms with E-state index in [0.29, 0.717) is 21.4 Å². The molecule has 0 unspecified atom stereocenters. The second-order valence-electron chi connectivity index (χ2n) is 5.04. The maximum Gasteiger partial charge on any atom is 0.232 e. The summed E-state index contributed by atoms with van der Waals surface area (Å²) in [7, 11) is 0. The van der Waals surface area contributed by atoms with E-state index in [9.17, 15) is 9.18 Å². The fraction of sp³-hybridized carbons (Fsp3) is 0.188. The molecule has 23 heavy (non-hydrogen) atoms. The van der Waals surface area contributed by atoms with Crippen molar-refractivity contribution in [3.63, 3.8) is 0 Å². The van der Waals surface area contributed by atoms with Crippen LogP contribution in [0.5, 0.6) is 0 Å². The van der Waals surface area contributed by atoms with Crippen LogP contribution in [0.15, 0.2) is 29.6 Å². The molecule has 4 nitrogen and oxygen atoms in total. The van der Waals surface area contributed by atoms with Gasteiger partial charge in [0.1, 0.15) is 10.8 Å². The van der Waals surface area contributed by atoms with Crippen molar-refractivity contribution >= 4 is 33.7 Å². The number of carbonyl (C=O) groups is 1. The van der Waals surface area contributed by atoms with Gasteiger partial charge < -0.3 is 5.32 Å². The molecule has 0 aliphatic heterocycles. The van der Waals surface area contributed by atoms with Crippen molar-refractivity contribution in [3.05, 3.63) is 51.7 Å². The van der Waals surface area contributed by atoms with Crippen LogP contribution in [0.2, 0.25) is 0 Å². The van der Waals surface area contributed by atoms with Crippen LogP contribution in [0, 0.1) is 19.7 Å². The lowest BCUT2D eigenvalue weighted by molar-refractivity contribution is -0.115. The lowest BCUT2D eigenvalue weighted by Gasteiger charge is -1.99. The van der Waals surface area contributed by atoms with Crippen LogP contribution in [-0.4, -0.2) is 15.9 Å². The molecule has 0 aliphatic carbocycles. The molecule has 0 fully saturated rings. The first-order valence-corrected chi connectivity index (χ1v) is 8.65. The third-order valence-corrected chi connectivity index (χ3v) is 5.17. The smallest absolute Gasteiger partial charge is 0.232 e. The minimum Gasteiger partial charge on any atom is -0.302 e. The molecule has 3 rings (SSSR count). The highest BCUT2D eigenvalue weighted by Gasteiger charge is 2.12. The Hall–Kier alpha value is -2.12. The number of anilines is 1. The number of benzene rings is 1. The molecule has 2 aromatic heterocycles. The maximum atomic E-state index is 13.3. The van der Waals surface area contributed by atoms with E-state index < -0.39 is 0 Å². The lowest BCUT2D eigenvalue weighted by Crippen LogP contribution is -2.14. The minimum absolute atomic E-state index is 0.158. The average molecular weight is 347 g/mol. The van der Waals surface area contributed by atoms with Crippen molar-refractivity contribution in [1.29, 1.82) is 0 Å². The summed E-state index contributed by atoms with van der Waals surface area (Å²) in [6.07, 6.45) is 0.170. The number of halogens is 1. The average Bonchev–Trinajstić information content (AvgIpc) is 3.06. The number of thiazole rings is 2. The van der Waals surface area contributed by atoms with Crippen LogP contribution < -0.4 is 5.32 Å². The Morgan fingerprint density at radius 1 is 1.30 bits per heavy atom. The Balaban J connectivity index is 1.68. The highest BCUT2D eigenvalue weighted by Crippen LogP contribution is 2.25. The number of aryl methyl sites for hydroxylation is 2. The van der Waals surface area contributed by atoms with Crippen LogP contribution in [0.1, 0.15) is 16.3 Å². The third kappa shape index (κ3) is 3.80. The molecular weight excluding hydrogens is 333 g/mol. The summed E-state index contributed by atoms with van der Waals surface area (Å²) < 4.78 is 13.3. The quantitative estimate of drug-likeness (QED) is 0.769. The van der Waals surface area contributed by atoms with E-state index >= 15 is 0 Å². The molecule has 2 heterocycles. The topological polar surface area (TPSA) is 54.9 Å². The Morgan fingerprint density at radius 3 is 2.83 bits per heavy atom. The van der Waals surface area contributed by atoms with Gasteiger partial charge in [0, 0.05) is 15.8 Å². The van der Waals surface area contributed by atoms with Gasteiger partial charge >= 0.3 is 0 Å². The maximum absolute atomic E-state index is 13.3. The SMILES string of the molecule is Cc1nc(NC(=O)Cc2csc(-c3cccc(F)c3)n2)sc1C. The second kappa shape index (κ2) is 6.55. The van der Waals surface area contributed by atoms with E-state index in [0.717, 1.165) is 10.6 Å². The van der Waals surface area contributed by atoms with E-state index in [-0.39, 0.29) is 18.1 Å². The predicted molar refractivity (Wildman–Crippen MR) is 91.4 cm³/mol. The molecule has 1 aromatic carbocycles. The normalized spacial score (nSPS) is 10.7. The summed E-state index contributed by atoms with van der Waals surface area (Å²) in [5, 5.41) is 5.91. The molecule has 0 radical (unpaired) electrons. The van der Waals surface area contributed by atoms with E-state index in [1.165, 1.54) is 34.8 Å². The van der Waals surface area contributed by atoms with Crippen LogP contribution in [0.3, 0.4) is 0 Å². The first kappa shape index (κ1) is 15.8. The number of amides is 1. The van der Waals surface area contributed by atoms with E-state index in [4.69, 9.17) is 0 Å². The molecule has 0 bridgehead atoms. The second-order valence-corrected chi connectivity index (χ2v) is 7.10. The van der Waals surface area contributed by atoms with Crippen molar-refractivity contribution in [1.82, 2.24) is 9.97 Å². The molecule has 0 atom stereocenters. The standard InChI is InChI=1S/C16H14FN3OS2/c1-9-10(2)23-16(18-9)20-14(21)7-13-8-22-15(19-13)11-4-3-5-12(17)6-11/h3-6,8H,7H2,1-2H3,(H,18,20,21). The zero-order chi connectivity index (χ0) is 16.4. The summed E-state index contributed by atoms with van der Waals surface area (Å²) in [4.78, 5) is 21.8. The highest BCUT2D eigenvalue weighted by atomic mass is 32.1. The molecule has 1 amide bonds. The van der Waals surface area contributed by atoms with Gasteiger partial charge in [0.25, 0.3) is 0 Å². The van der Waals surface area contributed by atoms with Crippen molar-refractivity contribution in [2.24, 2.45) is 0 Å². The van der Waals surface area contributed by atoms with Crippen LogP contribution in [-0.2, 0) is 11.2 Å². The molecule has 1 N–H and O–H groups in total. The van der Waals surface area contributed by atoms with Crippen molar-refractivity contribution in [2.75, 3.05) is 5.32 Å². The number of rotatable bonds is 4. The number of aromatic nitrogens is 2. The fourth-order valence-corrected chi connectivity index (χ4v) is 3.64. The Bertz CT molecular complexity index is 837. The third-order valence-electron chi connectivity index (χ3n) is 3.24. The molecule has 0 spiro atoms. The van der Waals surface area contributed by atoms with Crippen LogP contribution in [0.4, 0.5) is 9.52 Å². The number of hydrogen-bond donors (Lipinski definition) is 1. The summed E-state index contributed by atoms with van der Waals surface area (Å²) in [6, 6.07) is 6.27. The monoisotopic (exact) mass is 347 g/mol. The van der Waals surface area contributed by atoms with E-state index in [1.807, 2.05) is 19.2 Å². The Morgan fingerprint density at radius 2 is 2.13 bits per heavy atom. The Kier molecular flexibility index (Phi) is 4.49. The van der Waals surface area contributed by atoms with Gasteiger partial charge in [-0.2, -0.15) is 0 Å². The van der Waals surface area contributed by atoms with Crippen LogP contribution >= 0.6 is 22.7 Å². The van der Waals surface area contributed by atoms with Gasteiger partial charge in [0.05, 0.1) is 17.8 Å². The zero-order valence-electron chi connectivity index (χ0n) is 12.6. The number of carbonyl (C=O) groups excluding carboxylic acids is 1. The van der Waals surface area contributed by atoms with Crippen molar-refractivity contribution in [2.45, 2.75) is 20.3 Å². The summed E-state index contributed by atoms with van der Waals surface area (Å²) in [6.45, 7) is 3.88. The summed E-state index contributed by atoms with van der Waals surface area (Å²) in [5.41, 5.74) is 2.30. The van der Waals surface area contributed by atoms with Gasteiger partial charge in [-0.1, -0.05) is 12.1 Å². The zero-order valence-corrected chi connectivity index (χ0v) is 14.2. The molecule has 118 valence electrons. The number of hydrogen-bond acceptors (Lipinski definition) is 5. The van der Waals surface area contributed by atoms with Gasteiger partial charge in [-0.3, -0.25) is 4.79 Å². The fourth-order valence-electron chi connectivity index (χ4n) is 2.00. The van der Waals surface area contributed by atoms with Gasteiger partial charge in [-0.05, 0) is 26.0 Å². The van der Waals surface area contributed by atoms with E-state index in [1.54, 1.807) is 12.1 Å². The van der Waals surface area contributed by atoms with Crippen molar-refractivity contribution < 1.29 is 9.18 Å². The molecule has 0 saturated carbocycles. The highest BCUT2D eigenvalue weighted by molar-refractivity contribution is 7.15. The van der Waals surface area contributed by atoms with Gasteiger partial charge in [0.15, 0.2) is 5.13 Å². The predicted octanol–water partition coefficient (Wildman–Crippen LogP) is 4.20. The number of nitrogens with zero attached hydrogens (tertiary/aromatic N) is 2. The molecule has 3 aromatic rings. The van der Waals surface area contributed by atoms with Gasteiger partial charge in [-0.25, -0.2) is 14.4 Å². The van der Waals surface area contributed by atoms with E-state index in [2.05, 4.69) is 15.3 Å². The van der Waals surface area contributed by atoms with Crippen LogP contribution in [0.25, 0.3) is 10.6 Å². The number of nitrogens with one attached hydrogen (secondary N) is 1. The summed E-state index contributed by atoms with van der Waals surface area (Å²) in [5.74, 6) is -0.457. The molecular formula is C16H14FN3OS2. The van der Waals surface area contributed by atoms with Gasteiger partial charge in [0.2, 0.25) is 5.91 Å². The molecule has 0 saturated heterocycles. The van der Waals surface area contributed by atoms with Gasteiger partial charge in [-0.15, -0.1) is 22.7 Å². The lowest BCUT2D eigenvalue weighted by atomic mass is 10.2. The Labute approximate surface area is 141 Å². The molecule has 7 heteroatoms. The largest absolute Gasteiger partial charge is 0.302 e.